The van der Waals surface area contributed by atoms with Crippen molar-refractivity contribution in [3.63, 3.8) is 0 Å². The van der Waals surface area contributed by atoms with E-state index in [1.165, 1.54) is 12.1 Å². The predicted octanol–water partition coefficient (Wildman–Crippen LogP) is 2.24. The monoisotopic (exact) mass is 300 g/mol. The number of halogens is 2. The van der Waals surface area contributed by atoms with Crippen LogP contribution in [0.4, 0.5) is 4.39 Å². The highest BCUT2D eigenvalue weighted by atomic mass is 35.5. The minimum atomic E-state index is -0.798. The first kappa shape index (κ1) is 15.2. The molecule has 0 saturated carbocycles. The quantitative estimate of drug-likeness (QED) is 0.926. The summed E-state index contributed by atoms with van der Waals surface area (Å²) in [7, 11) is 0. The number of hydrogen-bond acceptors (Lipinski definition) is 3. The molecule has 0 amide bonds. The van der Waals surface area contributed by atoms with Crippen molar-refractivity contribution in [3.8, 4) is 0 Å². The van der Waals surface area contributed by atoms with Gasteiger partial charge in [-0.2, -0.15) is 0 Å². The molecule has 1 aliphatic heterocycles. The molecule has 1 aromatic rings. The highest BCUT2D eigenvalue weighted by Gasteiger charge is 2.24. The largest absolute Gasteiger partial charge is 0.480 e. The SMILES string of the molecule is CC(c1ccc(F)cc1Cl)N1CCN(CC(=O)O)CC1. The maximum atomic E-state index is 13.1. The lowest BCUT2D eigenvalue weighted by molar-refractivity contribution is -0.138. The third kappa shape index (κ3) is 3.69. The summed E-state index contributed by atoms with van der Waals surface area (Å²) in [5, 5.41) is 9.21. The number of carboxylic acids is 1. The predicted molar refractivity (Wildman–Crippen MR) is 75.5 cm³/mol. The van der Waals surface area contributed by atoms with Crippen molar-refractivity contribution in [1.29, 1.82) is 0 Å². The first-order valence-corrected chi connectivity index (χ1v) is 6.98. The van der Waals surface area contributed by atoms with Crippen LogP contribution in [0, 0.1) is 5.82 Å². The average Bonchev–Trinajstić information content (AvgIpc) is 2.38. The van der Waals surface area contributed by atoms with Gasteiger partial charge in [-0.15, -0.1) is 0 Å². The molecule has 1 atom stereocenters. The lowest BCUT2D eigenvalue weighted by atomic mass is 10.1. The van der Waals surface area contributed by atoms with Crippen molar-refractivity contribution in [3.05, 3.63) is 34.6 Å². The summed E-state index contributed by atoms with van der Waals surface area (Å²) in [4.78, 5) is 14.8. The molecule has 1 aromatic carbocycles. The van der Waals surface area contributed by atoms with E-state index >= 15 is 0 Å². The van der Waals surface area contributed by atoms with Crippen molar-refractivity contribution in [2.45, 2.75) is 13.0 Å². The molecule has 20 heavy (non-hydrogen) atoms. The summed E-state index contributed by atoms with van der Waals surface area (Å²) < 4.78 is 13.1. The first-order chi connectivity index (χ1) is 9.47. The van der Waals surface area contributed by atoms with Gasteiger partial charge in [0.2, 0.25) is 0 Å². The van der Waals surface area contributed by atoms with Gasteiger partial charge in [0.25, 0.3) is 0 Å². The minimum Gasteiger partial charge on any atom is -0.480 e. The molecule has 4 nitrogen and oxygen atoms in total. The number of hydrogen-bond donors (Lipinski definition) is 1. The molecule has 0 aromatic heterocycles. The Balaban J connectivity index is 1.97. The van der Waals surface area contributed by atoms with E-state index in [1.807, 2.05) is 11.8 Å². The standard InChI is InChI=1S/C14H18ClFN2O2/c1-10(12-3-2-11(16)8-13(12)15)18-6-4-17(5-7-18)9-14(19)20/h2-3,8,10H,4-7,9H2,1H3,(H,19,20). The topological polar surface area (TPSA) is 43.8 Å². The maximum absolute atomic E-state index is 13.1. The Morgan fingerprint density at radius 3 is 2.60 bits per heavy atom. The molecule has 6 heteroatoms. The maximum Gasteiger partial charge on any atom is 0.317 e. The van der Waals surface area contributed by atoms with E-state index in [9.17, 15) is 9.18 Å². The number of piperazine rings is 1. The van der Waals surface area contributed by atoms with Crippen LogP contribution in [0.2, 0.25) is 5.02 Å². The van der Waals surface area contributed by atoms with Gasteiger partial charge in [0.1, 0.15) is 5.82 Å². The third-order valence-electron chi connectivity index (χ3n) is 3.73. The number of carboxylic acid groups (broad SMARTS) is 1. The Labute approximate surface area is 122 Å². The summed E-state index contributed by atoms with van der Waals surface area (Å²) in [5.74, 6) is -1.13. The van der Waals surface area contributed by atoms with Crippen molar-refractivity contribution in [2.24, 2.45) is 0 Å². The molecule has 1 N–H and O–H groups in total. The Morgan fingerprint density at radius 1 is 1.40 bits per heavy atom. The van der Waals surface area contributed by atoms with E-state index in [-0.39, 0.29) is 18.4 Å². The van der Waals surface area contributed by atoms with Crippen molar-refractivity contribution in [2.75, 3.05) is 32.7 Å². The van der Waals surface area contributed by atoms with Crippen LogP contribution in [0.25, 0.3) is 0 Å². The molecule has 0 aliphatic carbocycles. The van der Waals surface area contributed by atoms with Gasteiger partial charge in [0, 0.05) is 37.2 Å². The molecular formula is C14H18ClFN2O2. The zero-order valence-electron chi connectivity index (χ0n) is 11.4. The van der Waals surface area contributed by atoms with Gasteiger partial charge in [-0.25, -0.2) is 4.39 Å². The van der Waals surface area contributed by atoms with Gasteiger partial charge in [-0.1, -0.05) is 17.7 Å². The van der Waals surface area contributed by atoms with Crippen molar-refractivity contribution in [1.82, 2.24) is 9.80 Å². The van der Waals surface area contributed by atoms with Crippen LogP contribution in [-0.4, -0.2) is 53.6 Å². The van der Waals surface area contributed by atoms with Crippen LogP contribution in [-0.2, 0) is 4.79 Å². The van der Waals surface area contributed by atoms with E-state index in [0.29, 0.717) is 5.02 Å². The fourth-order valence-electron chi connectivity index (χ4n) is 2.54. The van der Waals surface area contributed by atoms with E-state index in [1.54, 1.807) is 6.07 Å². The van der Waals surface area contributed by atoms with Crippen LogP contribution < -0.4 is 0 Å². The molecular weight excluding hydrogens is 283 g/mol. The lowest BCUT2D eigenvalue weighted by Gasteiger charge is -2.37. The number of benzene rings is 1. The highest BCUT2D eigenvalue weighted by molar-refractivity contribution is 6.31. The second kappa shape index (κ2) is 6.52. The average molecular weight is 301 g/mol. The van der Waals surface area contributed by atoms with Crippen LogP contribution in [0.1, 0.15) is 18.5 Å². The van der Waals surface area contributed by atoms with E-state index < -0.39 is 5.97 Å². The molecule has 1 saturated heterocycles. The molecule has 1 fully saturated rings. The third-order valence-corrected chi connectivity index (χ3v) is 4.05. The summed E-state index contributed by atoms with van der Waals surface area (Å²) in [6.45, 7) is 5.11. The smallest absolute Gasteiger partial charge is 0.317 e. The number of nitrogens with zero attached hydrogens (tertiary/aromatic N) is 2. The summed E-state index contributed by atoms with van der Waals surface area (Å²) in [5.41, 5.74) is 0.903. The van der Waals surface area contributed by atoms with Crippen molar-refractivity contribution >= 4 is 17.6 Å². The minimum absolute atomic E-state index is 0.0829. The highest BCUT2D eigenvalue weighted by Crippen LogP contribution is 2.28. The first-order valence-electron chi connectivity index (χ1n) is 6.60. The fourth-order valence-corrected chi connectivity index (χ4v) is 2.86. The second-order valence-corrected chi connectivity index (χ2v) is 5.45. The summed E-state index contributed by atoms with van der Waals surface area (Å²) >= 11 is 6.09. The van der Waals surface area contributed by atoms with Crippen LogP contribution in [0.3, 0.4) is 0 Å². The van der Waals surface area contributed by atoms with Crippen LogP contribution in [0.15, 0.2) is 18.2 Å². The van der Waals surface area contributed by atoms with Gasteiger partial charge in [0.05, 0.1) is 6.54 Å². The molecule has 110 valence electrons. The molecule has 1 heterocycles. The fraction of sp³-hybridized carbons (Fsp3) is 0.500. The van der Waals surface area contributed by atoms with Crippen LogP contribution >= 0.6 is 11.6 Å². The van der Waals surface area contributed by atoms with Crippen LogP contribution in [0.5, 0.6) is 0 Å². The van der Waals surface area contributed by atoms with E-state index in [2.05, 4.69) is 4.90 Å². The van der Waals surface area contributed by atoms with Gasteiger partial charge in [-0.05, 0) is 24.6 Å². The van der Waals surface area contributed by atoms with Gasteiger partial charge in [-0.3, -0.25) is 14.6 Å². The Bertz CT molecular complexity index is 490. The lowest BCUT2D eigenvalue weighted by Crippen LogP contribution is -2.48. The van der Waals surface area contributed by atoms with Crippen molar-refractivity contribution < 1.29 is 14.3 Å². The number of aliphatic carboxylic acids is 1. The zero-order valence-corrected chi connectivity index (χ0v) is 12.1. The summed E-state index contributed by atoms with van der Waals surface area (Å²) in [6.07, 6.45) is 0. The molecule has 0 spiro atoms. The Morgan fingerprint density at radius 2 is 2.05 bits per heavy atom. The van der Waals surface area contributed by atoms with Gasteiger partial charge >= 0.3 is 5.97 Å². The Hall–Kier alpha value is -1.17. The molecule has 0 radical (unpaired) electrons. The molecule has 0 bridgehead atoms. The Kier molecular flexibility index (Phi) is 4.96. The second-order valence-electron chi connectivity index (χ2n) is 5.05. The van der Waals surface area contributed by atoms with Gasteiger partial charge in [0.15, 0.2) is 0 Å². The van der Waals surface area contributed by atoms with E-state index in [4.69, 9.17) is 16.7 Å². The molecule has 1 unspecified atom stereocenters. The van der Waals surface area contributed by atoms with Gasteiger partial charge < -0.3 is 5.11 Å². The number of rotatable bonds is 4. The molecule has 1 aliphatic rings. The number of carbonyl (C=O) groups is 1. The normalized spacial score (nSPS) is 18.9. The zero-order chi connectivity index (χ0) is 14.7. The molecule has 2 rings (SSSR count). The summed E-state index contributed by atoms with van der Waals surface area (Å²) in [6, 6.07) is 4.55. The van der Waals surface area contributed by atoms with E-state index in [0.717, 1.165) is 31.7 Å².